The standard InChI is InChI=1S/C15H24O3.C15H22O2.C13H20O3.C13H20O2.C10H16O3.C10H16O2/c1-10(16)18-13(2,3)14-5-11-4-12(6-14)8-15(17,7-11)9-14;1-8(16)17-15(2)7-11-6-12(15)14-10-4-3-9(5-10)13(11)14;1-7(14)16-13(2)6-8-3-12(13)11-5-9(15)4-10(8)11;1-8(14)15-13(2)7-9-6-12(13)11-5-3-4-10(9)11;1-6(11)13-10(2)5-7-3-8(10)4-9(7)12;1-7(11)12-10(2)6-8-3-4-9(10)5-8/h11-12,17H,4-9H2,1-3H3;9-14H,3-7H2,1-2H3;8-12,15H,3-6H2,1-2H3;9-12H,3-7H2,1-2H3;7-9,12H,3-5H2,1-2H3;8-9H,3-6H2,1-2H3. The van der Waals surface area contributed by atoms with Gasteiger partial charge in [-0.25, -0.2) is 0 Å². The minimum Gasteiger partial charge on any atom is -0.459 e. The predicted molar refractivity (Wildman–Crippen MR) is 341 cm³/mol. The van der Waals surface area contributed by atoms with Gasteiger partial charge in [0.05, 0.1) is 17.8 Å². The van der Waals surface area contributed by atoms with Crippen molar-refractivity contribution in [2.45, 2.75) is 315 Å². The Morgan fingerprint density at radius 2 is 0.868 bits per heavy atom. The fourth-order valence-corrected chi connectivity index (χ4v) is 27.3. The van der Waals surface area contributed by atoms with Crippen LogP contribution in [0, 0.1) is 124 Å². The molecule has 3 N–H and O–H groups in total. The molecule has 0 saturated heterocycles. The first kappa shape index (κ1) is 67.7. The van der Waals surface area contributed by atoms with E-state index in [-0.39, 0.29) is 81.4 Å². The Balaban J connectivity index is 0.000000106. The summed E-state index contributed by atoms with van der Waals surface area (Å²) in [4.78, 5) is 66.7. The van der Waals surface area contributed by atoms with Crippen LogP contribution in [0.4, 0.5) is 0 Å². The van der Waals surface area contributed by atoms with Gasteiger partial charge in [-0.15, -0.1) is 0 Å². The van der Waals surface area contributed by atoms with E-state index in [0.29, 0.717) is 65.1 Å². The zero-order valence-corrected chi connectivity index (χ0v) is 58.0. The molecule has 18 aliphatic carbocycles. The second-order valence-electron chi connectivity index (χ2n) is 36.0. The lowest BCUT2D eigenvalue weighted by atomic mass is 9.44. The molecule has 18 aliphatic rings. The molecule has 0 amide bonds. The second kappa shape index (κ2) is 24.4. The first-order chi connectivity index (χ1) is 42.5. The second-order valence-corrected chi connectivity index (χ2v) is 36.0. The van der Waals surface area contributed by atoms with Gasteiger partial charge in [0.2, 0.25) is 0 Å². The largest absolute Gasteiger partial charge is 0.459 e. The Bertz CT molecular complexity index is 2760. The Hall–Kier alpha value is -3.30. The van der Waals surface area contributed by atoms with Crippen molar-refractivity contribution in [2.24, 2.45) is 124 Å². The lowest BCUT2D eigenvalue weighted by Crippen LogP contribution is -2.62. The molecule has 18 rings (SSSR count). The number of ether oxygens (including phenoxy) is 6. The van der Waals surface area contributed by atoms with Crippen LogP contribution in [0.25, 0.3) is 0 Å². The summed E-state index contributed by atoms with van der Waals surface area (Å²) in [6, 6.07) is 0. The van der Waals surface area contributed by atoms with Crippen LogP contribution < -0.4 is 0 Å². The third-order valence-electron chi connectivity index (χ3n) is 29.5. The van der Waals surface area contributed by atoms with Crippen LogP contribution in [-0.4, -0.2) is 103 Å². The molecule has 0 aromatic carbocycles. The third-order valence-corrected chi connectivity index (χ3v) is 29.5. The van der Waals surface area contributed by atoms with Crippen molar-refractivity contribution in [1.82, 2.24) is 0 Å². The van der Waals surface area contributed by atoms with Crippen molar-refractivity contribution in [3.8, 4) is 0 Å². The van der Waals surface area contributed by atoms with Gasteiger partial charge in [0, 0.05) is 70.6 Å². The molecule has 0 radical (unpaired) electrons. The van der Waals surface area contributed by atoms with Gasteiger partial charge in [-0.1, -0.05) is 6.42 Å². The SMILES string of the molecule is CC(=O)OC(C)(C)C12CC3CC(CC(O)(C3)C1)C2.CC(=O)OC1(C)CC2CC1C1C3CCC(C3)C21.CC(=O)OC1(C)CC2CC1C1CC(O)CC21.CC(=O)OC1(C)CC2CC1C1CCCC21.CC(=O)OC1(C)CC2CC1CC2O.CC(=O)OC1(C)CC2CCC1C2. The van der Waals surface area contributed by atoms with Crippen molar-refractivity contribution >= 4 is 35.8 Å². The van der Waals surface area contributed by atoms with E-state index in [4.69, 9.17) is 28.4 Å². The molecule has 0 spiro atoms. The molecule has 15 heteroatoms. The normalized spacial score (nSPS) is 50.9. The van der Waals surface area contributed by atoms with Crippen LogP contribution in [0.5, 0.6) is 0 Å². The van der Waals surface area contributed by atoms with E-state index in [1.165, 1.54) is 111 Å². The molecular weight excluding hydrogens is 1150 g/mol. The Kier molecular flexibility index (Phi) is 18.1. The summed E-state index contributed by atoms with van der Waals surface area (Å²) in [6.07, 6.45) is 31.2. The van der Waals surface area contributed by atoms with Gasteiger partial charge in [0.1, 0.15) is 33.6 Å². The highest BCUT2D eigenvalue weighted by atomic mass is 16.6. The summed E-state index contributed by atoms with van der Waals surface area (Å²) in [5.74, 6) is 13.9. The number of fused-ring (bicyclic) bond motifs is 23. The van der Waals surface area contributed by atoms with Crippen molar-refractivity contribution < 1.29 is 72.5 Å². The minimum absolute atomic E-state index is 0.00248. The smallest absolute Gasteiger partial charge is 0.303 e. The first-order valence-corrected chi connectivity index (χ1v) is 36.8. The fourth-order valence-electron chi connectivity index (χ4n) is 27.3. The highest BCUT2D eigenvalue weighted by molar-refractivity contribution is 5.68. The van der Waals surface area contributed by atoms with Gasteiger partial charge in [-0.3, -0.25) is 28.8 Å². The molecule has 18 fully saturated rings. The Morgan fingerprint density at radius 3 is 1.37 bits per heavy atom. The maximum Gasteiger partial charge on any atom is 0.303 e. The van der Waals surface area contributed by atoms with Crippen LogP contribution in [-0.2, 0) is 57.2 Å². The molecule has 0 aliphatic heterocycles. The fraction of sp³-hybridized carbons (Fsp3) is 0.921. The molecule has 512 valence electrons. The summed E-state index contributed by atoms with van der Waals surface area (Å²) >= 11 is 0. The van der Waals surface area contributed by atoms with Gasteiger partial charge in [0.15, 0.2) is 0 Å². The minimum atomic E-state index is -0.485. The summed E-state index contributed by atoms with van der Waals surface area (Å²) < 4.78 is 33.2. The molecule has 91 heavy (non-hydrogen) atoms. The van der Waals surface area contributed by atoms with Crippen molar-refractivity contribution in [2.75, 3.05) is 0 Å². The molecule has 18 saturated carbocycles. The quantitative estimate of drug-likeness (QED) is 0.123. The average Bonchev–Trinajstić information content (AvgIpc) is 1.11. The number of rotatable bonds is 7. The molecule has 16 bridgehead atoms. The van der Waals surface area contributed by atoms with Gasteiger partial charge in [-0.2, -0.15) is 0 Å². The maximum atomic E-state index is 11.3. The van der Waals surface area contributed by atoms with E-state index >= 15 is 0 Å². The van der Waals surface area contributed by atoms with Crippen molar-refractivity contribution in [1.29, 1.82) is 0 Å². The molecule has 27 unspecified atom stereocenters. The van der Waals surface area contributed by atoms with Gasteiger partial charge in [0.25, 0.3) is 0 Å². The van der Waals surface area contributed by atoms with Crippen molar-refractivity contribution in [3.63, 3.8) is 0 Å². The van der Waals surface area contributed by atoms with Crippen molar-refractivity contribution in [3.05, 3.63) is 0 Å². The monoisotopic (exact) mass is 1270 g/mol. The van der Waals surface area contributed by atoms with Gasteiger partial charge < -0.3 is 43.7 Å². The molecule has 0 aromatic heterocycles. The van der Waals surface area contributed by atoms with Crippen LogP contribution in [0.3, 0.4) is 0 Å². The topological polar surface area (TPSA) is 218 Å². The zero-order valence-electron chi connectivity index (χ0n) is 58.0. The number of aliphatic hydroxyl groups excluding tert-OH is 2. The number of hydrogen-bond donors (Lipinski definition) is 3. The van der Waals surface area contributed by atoms with Crippen LogP contribution in [0.2, 0.25) is 0 Å². The molecule has 0 heterocycles. The van der Waals surface area contributed by atoms with E-state index in [2.05, 4.69) is 27.7 Å². The Labute approximate surface area is 544 Å². The summed E-state index contributed by atoms with van der Waals surface area (Å²) in [5, 5.41) is 30.0. The Morgan fingerprint density at radius 1 is 0.385 bits per heavy atom. The lowest BCUT2D eigenvalue weighted by molar-refractivity contribution is -0.231. The van der Waals surface area contributed by atoms with Crippen LogP contribution in [0.15, 0.2) is 0 Å². The highest BCUT2D eigenvalue weighted by Gasteiger charge is 2.68. The van der Waals surface area contributed by atoms with E-state index in [1.807, 2.05) is 20.8 Å². The zero-order chi connectivity index (χ0) is 65.5. The molecule has 15 nitrogen and oxygen atoms in total. The summed E-state index contributed by atoms with van der Waals surface area (Å²) in [5.41, 5.74) is -1.85. The summed E-state index contributed by atoms with van der Waals surface area (Å²) in [6.45, 7) is 23.6. The highest BCUT2D eigenvalue weighted by Crippen LogP contribution is 2.71. The van der Waals surface area contributed by atoms with Gasteiger partial charge in [-0.05, 0) is 310 Å². The number of carbonyl (C=O) groups is 6. The lowest BCUT2D eigenvalue weighted by Gasteiger charge is -2.64. The van der Waals surface area contributed by atoms with E-state index in [9.17, 15) is 44.1 Å². The number of carbonyl (C=O) groups excluding carboxylic acids is 6. The van der Waals surface area contributed by atoms with Crippen LogP contribution >= 0.6 is 0 Å². The summed E-state index contributed by atoms with van der Waals surface area (Å²) in [7, 11) is 0. The number of hydrogen-bond acceptors (Lipinski definition) is 15. The third kappa shape index (κ3) is 12.8. The number of esters is 6. The predicted octanol–water partition coefficient (Wildman–Crippen LogP) is 13.4. The number of aliphatic hydroxyl groups is 3. The van der Waals surface area contributed by atoms with Gasteiger partial charge >= 0.3 is 35.8 Å². The molecule has 0 aromatic rings. The maximum absolute atomic E-state index is 11.3. The molecule has 27 atom stereocenters. The van der Waals surface area contributed by atoms with E-state index in [1.54, 1.807) is 13.8 Å². The first-order valence-electron chi connectivity index (χ1n) is 36.8. The van der Waals surface area contributed by atoms with E-state index in [0.717, 1.165) is 143 Å². The average molecular weight is 1270 g/mol. The van der Waals surface area contributed by atoms with E-state index < -0.39 is 11.2 Å². The molecular formula is C76H118O15. The van der Waals surface area contributed by atoms with Crippen LogP contribution in [0.1, 0.15) is 263 Å².